The second kappa shape index (κ2) is 7.33. The van der Waals surface area contributed by atoms with E-state index in [1.54, 1.807) is 42.7 Å². The predicted octanol–water partition coefficient (Wildman–Crippen LogP) is 5.86. The van der Waals surface area contributed by atoms with Gasteiger partial charge >= 0.3 is 6.18 Å². The van der Waals surface area contributed by atoms with Gasteiger partial charge in [0.15, 0.2) is 0 Å². The van der Waals surface area contributed by atoms with Crippen LogP contribution in [0.25, 0.3) is 16.9 Å². The topological polar surface area (TPSA) is 38.1 Å². The van der Waals surface area contributed by atoms with E-state index in [4.69, 9.17) is 0 Å². The van der Waals surface area contributed by atoms with Gasteiger partial charge in [-0.2, -0.15) is 13.2 Å². The van der Waals surface area contributed by atoms with Gasteiger partial charge in [-0.05, 0) is 54.6 Å². The fourth-order valence-corrected chi connectivity index (χ4v) is 3.88. The Kier molecular flexibility index (Phi) is 4.58. The van der Waals surface area contributed by atoms with Crippen LogP contribution in [0.2, 0.25) is 0 Å². The van der Waals surface area contributed by atoms with Gasteiger partial charge < -0.3 is 4.90 Å². The SMILES string of the molecule is O=C(c1cccc(C(F)(F)F)c1)N1Cc2c(-c3ccc(F)cc3)ncn2-c2ccccc21. The molecule has 4 nitrogen and oxygen atoms in total. The fourth-order valence-electron chi connectivity index (χ4n) is 3.88. The molecule has 1 amide bonds. The van der Waals surface area contributed by atoms with Crippen molar-refractivity contribution in [2.45, 2.75) is 12.7 Å². The fraction of sp³-hybridized carbons (Fsp3) is 0.0833. The number of carbonyl (C=O) groups is 1. The molecule has 3 aromatic carbocycles. The Balaban J connectivity index is 1.60. The number of carbonyl (C=O) groups excluding carboxylic acids is 1. The van der Waals surface area contributed by atoms with Crippen LogP contribution in [0.1, 0.15) is 21.6 Å². The molecule has 0 N–H and O–H groups in total. The zero-order valence-corrected chi connectivity index (χ0v) is 16.5. The molecular weight excluding hydrogens is 422 g/mol. The first-order chi connectivity index (χ1) is 15.3. The number of anilines is 1. The molecule has 0 bridgehead atoms. The van der Waals surface area contributed by atoms with Gasteiger partial charge in [0.1, 0.15) is 12.1 Å². The van der Waals surface area contributed by atoms with E-state index in [0.29, 0.717) is 28.3 Å². The highest BCUT2D eigenvalue weighted by atomic mass is 19.4. The maximum absolute atomic E-state index is 13.4. The molecule has 160 valence electrons. The first kappa shape index (κ1) is 20.0. The number of para-hydroxylation sites is 2. The molecule has 0 atom stereocenters. The summed E-state index contributed by atoms with van der Waals surface area (Å²) < 4.78 is 54.7. The van der Waals surface area contributed by atoms with Gasteiger partial charge in [-0.1, -0.05) is 18.2 Å². The number of imidazole rings is 1. The second-order valence-corrected chi connectivity index (χ2v) is 7.38. The van der Waals surface area contributed by atoms with E-state index in [-0.39, 0.29) is 17.9 Å². The van der Waals surface area contributed by atoms with E-state index < -0.39 is 17.6 Å². The number of nitrogens with zero attached hydrogens (tertiary/aromatic N) is 3. The van der Waals surface area contributed by atoms with Gasteiger partial charge in [0.05, 0.1) is 34.9 Å². The lowest BCUT2D eigenvalue weighted by molar-refractivity contribution is -0.137. The summed E-state index contributed by atoms with van der Waals surface area (Å²) in [5, 5.41) is 0. The number of amides is 1. The molecule has 5 rings (SSSR count). The summed E-state index contributed by atoms with van der Waals surface area (Å²) in [7, 11) is 0. The molecular formula is C24H15F4N3O. The molecule has 0 saturated heterocycles. The summed E-state index contributed by atoms with van der Waals surface area (Å²) in [5.74, 6) is -0.936. The van der Waals surface area contributed by atoms with Crippen molar-refractivity contribution in [3.05, 3.63) is 102 Å². The molecule has 0 fully saturated rings. The maximum Gasteiger partial charge on any atom is 0.416 e. The molecule has 0 radical (unpaired) electrons. The Bertz CT molecular complexity index is 1330. The van der Waals surface area contributed by atoms with Crippen LogP contribution < -0.4 is 4.90 Å². The minimum Gasteiger partial charge on any atom is -0.300 e. The molecule has 2 heterocycles. The molecule has 32 heavy (non-hydrogen) atoms. The highest BCUT2D eigenvalue weighted by molar-refractivity contribution is 6.07. The largest absolute Gasteiger partial charge is 0.416 e. The van der Waals surface area contributed by atoms with E-state index in [1.165, 1.54) is 29.2 Å². The third-order valence-electron chi connectivity index (χ3n) is 5.41. The lowest BCUT2D eigenvalue weighted by Gasteiger charge is -2.31. The molecule has 0 spiro atoms. The summed E-state index contributed by atoms with van der Waals surface area (Å²) >= 11 is 0. The highest BCUT2D eigenvalue weighted by Crippen LogP contribution is 2.37. The van der Waals surface area contributed by atoms with Crippen LogP contribution in [0, 0.1) is 5.82 Å². The molecule has 1 aliphatic rings. The van der Waals surface area contributed by atoms with E-state index in [0.717, 1.165) is 12.1 Å². The second-order valence-electron chi connectivity index (χ2n) is 7.38. The van der Waals surface area contributed by atoms with E-state index in [1.807, 2.05) is 4.57 Å². The highest BCUT2D eigenvalue weighted by Gasteiger charge is 2.33. The number of alkyl halides is 3. The Morgan fingerprint density at radius 2 is 1.62 bits per heavy atom. The standard InChI is InChI=1S/C24H15F4N3O/c25-18-10-8-15(9-11-18)22-21-13-30(19-6-1-2-7-20(19)31(21)14-29-22)23(32)16-4-3-5-17(12-16)24(26,27)28/h1-12,14H,13H2. The number of rotatable bonds is 2. The molecule has 1 aliphatic heterocycles. The lowest BCUT2D eigenvalue weighted by atomic mass is 10.0. The van der Waals surface area contributed by atoms with Gasteiger partial charge in [0, 0.05) is 11.1 Å². The van der Waals surface area contributed by atoms with Crippen LogP contribution >= 0.6 is 0 Å². The molecule has 0 saturated carbocycles. The van der Waals surface area contributed by atoms with Gasteiger partial charge in [0.25, 0.3) is 5.91 Å². The minimum absolute atomic E-state index is 0.0640. The van der Waals surface area contributed by atoms with Crippen molar-refractivity contribution in [3.63, 3.8) is 0 Å². The monoisotopic (exact) mass is 437 g/mol. The zero-order valence-electron chi connectivity index (χ0n) is 16.5. The maximum atomic E-state index is 13.4. The molecule has 8 heteroatoms. The van der Waals surface area contributed by atoms with Crippen LogP contribution in [0.4, 0.5) is 23.2 Å². The van der Waals surface area contributed by atoms with Crippen molar-refractivity contribution in [1.82, 2.24) is 9.55 Å². The summed E-state index contributed by atoms with van der Waals surface area (Å²) in [4.78, 5) is 19.2. The number of aromatic nitrogens is 2. The Morgan fingerprint density at radius 1 is 0.906 bits per heavy atom. The van der Waals surface area contributed by atoms with Crippen molar-refractivity contribution in [1.29, 1.82) is 0 Å². The van der Waals surface area contributed by atoms with Crippen molar-refractivity contribution < 1.29 is 22.4 Å². The average molecular weight is 437 g/mol. The molecule has 0 unspecified atom stereocenters. The van der Waals surface area contributed by atoms with E-state index in [9.17, 15) is 22.4 Å². The van der Waals surface area contributed by atoms with E-state index in [2.05, 4.69) is 4.98 Å². The summed E-state index contributed by atoms with van der Waals surface area (Å²) in [6.07, 6.45) is -2.93. The van der Waals surface area contributed by atoms with Crippen LogP contribution in [0.3, 0.4) is 0 Å². The molecule has 4 aromatic rings. The normalized spacial score (nSPS) is 12.9. The summed E-state index contributed by atoms with van der Waals surface area (Å²) in [6.45, 7) is 0.0960. The van der Waals surface area contributed by atoms with Crippen molar-refractivity contribution in [2.75, 3.05) is 4.90 Å². The van der Waals surface area contributed by atoms with Crippen molar-refractivity contribution in [3.8, 4) is 16.9 Å². The third-order valence-corrected chi connectivity index (χ3v) is 5.41. The number of fused-ring (bicyclic) bond motifs is 3. The third kappa shape index (κ3) is 3.33. The minimum atomic E-state index is -4.55. The zero-order chi connectivity index (χ0) is 22.5. The Labute approximate surface area is 180 Å². The van der Waals surface area contributed by atoms with Crippen molar-refractivity contribution in [2.24, 2.45) is 0 Å². The van der Waals surface area contributed by atoms with E-state index >= 15 is 0 Å². The van der Waals surface area contributed by atoms with Gasteiger partial charge in [-0.3, -0.25) is 9.36 Å². The molecule has 0 aliphatic carbocycles. The Hall–Kier alpha value is -3.94. The number of hydrogen-bond donors (Lipinski definition) is 0. The van der Waals surface area contributed by atoms with Crippen LogP contribution in [-0.2, 0) is 12.7 Å². The molecule has 1 aromatic heterocycles. The lowest BCUT2D eigenvalue weighted by Crippen LogP contribution is -2.35. The van der Waals surface area contributed by atoms with Gasteiger partial charge in [0.2, 0.25) is 0 Å². The van der Waals surface area contributed by atoms with Crippen molar-refractivity contribution >= 4 is 11.6 Å². The number of halogens is 4. The summed E-state index contributed by atoms with van der Waals surface area (Å²) in [5.41, 5.74) is 2.21. The first-order valence-electron chi connectivity index (χ1n) is 9.73. The first-order valence-corrected chi connectivity index (χ1v) is 9.73. The quantitative estimate of drug-likeness (QED) is 0.369. The van der Waals surface area contributed by atoms with Gasteiger partial charge in [-0.25, -0.2) is 9.37 Å². The van der Waals surface area contributed by atoms with Crippen LogP contribution in [0.15, 0.2) is 79.1 Å². The average Bonchev–Trinajstić information content (AvgIpc) is 3.22. The van der Waals surface area contributed by atoms with Crippen LogP contribution in [-0.4, -0.2) is 15.5 Å². The number of hydrogen-bond acceptors (Lipinski definition) is 2. The number of benzene rings is 3. The summed E-state index contributed by atoms with van der Waals surface area (Å²) in [6, 6.07) is 17.3. The van der Waals surface area contributed by atoms with Crippen LogP contribution in [0.5, 0.6) is 0 Å². The predicted molar refractivity (Wildman–Crippen MR) is 111 cm³/mol. The Morgan fingerprint density at radius 3 is 2.34 bits per heavy atom. The van der Waals surface area contributed by atoms with Gasteiger partial charge in [-0.15, -0.1) is 0 Å². The smallest absolute Gasteiger partial charge is 0.300 e.